The Morgan fingerprint density at radius 1 is 1.13 bits per heavy atom. The number of rotatable bonds is 13. The van der Waals surface area contributed by atoms with Crippen LogP contribution in [0.4, 0.5) is 0 Å². The van der Waals surface area contributed by atoms with Crippen molar-refractivity contribution in [2.75, 3.05) is 13.2 Å². The molecule has 1 unspecified atom stereocenters. The van der Waals surface area contributed by atoms with Crippen molar-refractivity contribution in [2.45, 2.75) is 90.4 Å². The van der Waals surface area contributed by atoms with Gasteiger partial charge in [-0.1, -0.05) is 50.6 Å². The van der Waals surface area contributed by atoms with E-state index in [-0.39, 0.29) is 12.6 Å². The minimum atomic E-state index is -0.311. The van der Waals surface area contributed by atoms with E-state index in [2.05, 4.69) is 37.8 Å². The molecule has 1 aliphatic rings. The minimum absolute atomic E-state index is 0.207. The summed E-state index contributed by atoms with van der Waals surface area (Å²) in [7, 11) is 0. The van der Waals surface area contributed by atoms with Crippen molar-refractivity contribution in [2.24, 2.45) is 11.8 Å². The van der Waals surface area contributed by atoms with Crippen LogP contribution in [0.25, 0.3) is 0 Å². The highest BCUT2D eigenvalue weighted by Crippen LogP contribution is 2.39. The first-order valence-electron chi connectivity index (χ1n) is 12.1. The average molecular weight is 415 g/mol. The highest BCUT2D eigenvalue weighted by Gasteiger charge is 2.25. The Labute approximate surface area is 183 Å². The standard InChI is InChI=1S/C27H42O3/c1-4-5-6-7-22-8-12-25(13-9-22)26-14-10-23(11-15-26)20-24(16-18-28)17-19-30-27(29)21(2)3/h8-9,12-13,23-24,26,28H,2,4-7,10-11,14-20H2,1,3H3. The zero-order valence-electron chi connectivity index (χ0n) is 19.2. The van der Waals surface area contributed by atoms with Crippen LogP contribution in [0.5, 0.6) is 0 Å². The van der Waals surface area contributed by atoms with Crippen molar-refractivity contribution in [1.29, 1.82) is 0 Å². The van der Waals surface area contributed by atoms with Gasteiger partial charge in [-0.15, -0.1) is 0 Å². The van der Waals surface area contributed by atoms with Gasteiger partial charge in [0.15, 0.2) is 0 Å². The number of ether oxygens (including phenoxy) is 1. The van der Waals surface area contributed by atoms with E-state index < -0.39 is 0 Å². The van der Waals surface area contributed by atoms with E-state index >= 15 is 0 Å². The van der Waals surface area contributed by atoms with Gasteiger partial charge in [-0.2, -0.15) is 0 Å². The van der Waals surface area contributed by atoms with Crippen molar-refractivity contribution < 1.29 is 14.6 Å². The van der Waals surface area contributed by atoms with Crippen LogP contribution in [0.3, 0.4) is 0 Å². The number of benzene rings is 1. The fraction of sp³-hybridized carbons (Fsp3) is 0.667. The molecule has 2 rings (SSSR count). The maximum absolute atomic E-state index is 11.6. The Hall–Kier alpha value is -1.61. The molecule has 168 valence electrons. The summed E-state index contributed by atoms with van der Waals surface area (Å²) in [4.78, 5) is 11.6. The molecule has 1 N–H and O–H groups in total. The van der Waals surface area contributed by atoms with Gasteiger partial charge in [-0.3, -0.25) is 0 Å². The Morgan fingerprint density at radius 3 is 2.43 bits per heavy atom. The second-order valence-corrected chi connectivity index (χ2v) is 9.24. The van der Waals surface area contributed by atoms with Crippen LogP contribution in [-0.4, -0.2) is 24.3 Å². The molecule has 3 heteroatoms. The molecular formula is C27H42O3. The van der Waals surface area contributed by atoms with E-state index in [0.29, 0.717) is 24.0 Å². The van der Waals surface area contributed by atoms with Crippen LogP contribution in [-0.2, 0) is 16.0 Å². The van der Waals surface area contributed by atoms with E-state index in [1.807, 2.05) is 0 Å². The summed E-state index contributed by atoms with van der Waals surface area (Å²) in [5.74, 6) is 1.54. The van der Waals surface area contributed by atoms with Crippen LogP contribution < -0.4 is 0 Å². The zero-order chi connectivity index (χ0) is 21.8. The molecule has 30 heavy (non-hydrogen) atoms. The van der Waals surface area contributed by atoms with Gasteiger partial charge in [0.05, 0.1) is 6.61 Å². The van der Waals surface area contributed by atoms with Crippen molar-refractivity contribution >= 4 is 5.97 Å². The average Bonchev–Trinajstić information content (AvgIpc) is 2.75. The number of unbranched alkanes of at least 4 members (excludes halogenated alkanes) is 2. The molecular weight excluding hydrogens is 372 g/mol. The third-order valence-electron chi connectivity index (χ3n) is 6.68. The van der Waals surface area contributed by atoms with Gasteiger partial charge in [-0.05, 0) is 93.6 Å². The summed E-state index contributed by atoms with van der Waals surface area (Å²) in [6, 6.07) is 9.38. The topological polar surface area (TPSA) is 46.5 Å². The monoisotopic (exact) mass is 414 g/mol. The first kappa shape index (κ1) is 24.7. The molecule has 1 saturated carbocycles. The highest BCUT2D eigenvalue weighted by molar-refractivity contribution is 5.86. The normalized spacial score (nSPS) is 20.0. The van der Waals surface area contributed by atoms with E-state index in [4.69, 9.17) is 4.74 Å². The van der Waals surface area contributed by atoms with Gasteiger partial charge in [0.25, 0.3) is 0 Å². The molecule has 0 radical (unpaired) electrons. The Kier molecular flexibility index (Phi) is 11.2. The fourth-order valence-corrected chi connectivity index (χ4v) is 4.74. The summed E-state index contributed by atoms with van der Waals surface area (Å²) in [5, 5.41) is 9.42. The third kappa shape index (κ3) is 8.63. The molecule has 3 nitrogen and oxygen atoms in total. The van der Waals surface area contributed by atoms with Crippen molar-refractivity contribution in [3.05, 3.63) is 47.5 Å². The first-order chi connectivity index (χ1) is 14.5. The van der Waals surface area contributed by atoms with Crippen molar-refractivity contribution in [3.8, 4) is 0 Å². The fourth-order valence-electron chi connectivity index (χ4n) is 4.74. The molecule has 0 aromatic heterocycles. The van der Waals surface area contributed by atoms with Crippen LogP contribution in [0.15, 0.2) is 36.4 Å². The predicted octanol–water partition coefficient (Wildman–Crippen LogP) is 6.59. The first-order valence-corrected chi connectivity index (χ1v) is 12.1. The van der Waals surface area contributed by atoms with Crippen molar-refractivity contribution in [1.82, 2.24) is 0 Å². The maximum atomic E-state index is 11.6. The summed E-state index contributed by atoms with van der Waals surface area (Å²) in [5.41, 5.74) is 3.42. The number of hydrogen-bond donors (Lipinski definition) is 1. The molecule has 1 fully saturated rings. The molecule has 1 atom stereocenters. The summed E-state index contributed by atoms with van der Waals surface area (Å²) in [6.45, 7) is 8.18. The van der Waals surface area contributed by atoms with Gasteiger partial charge in [0, 0.05) is 12.2 Å². The van der Waals surface area contributed by atoms with Gasteiger partial charge in [0.1, 0.15) is 0 Å². The molecule has 0 amide bonds. The molecule has 0 heterocycles. The van der Waals surface area contributed by atoms with E-state index in [9.17, 15) is 9.90 Å². The number of hydrogen-bond acceptors (Lipinski definition) is 3. The molecule has 0 aliphatic heterocycles. The quantitative estimate of drug-likeness (QED) is 0.225. The van der Waals surface area contributed by atoms with Gasteiger partial charge in [-0.25, -0.2) is 4.79 Å². The van der Waals surface area contributed by atoms with E-state index in [1.165, 1.54) is 62.5 Å². The van der Waals surface area contributed by atoms with Gasteiger partial charge >= 0.3 is 5.97 Å². The van der Waals surface area contributed by atoms with Gasteiger partial charge < -0.3 is 9.84 Å². The Morgan fingerprint density at radius 2 is 1.83 bits per heavy atom. The largest absolute Gasteiger partial charge is 0.462 e. The number of esters is 1. The molecule has 0 bridgehead atoms. The second kappa shape index (κ2) is 13.6. The number of carbonyl (C=O) groups excluding carboxylic acids is 1. The van der Waals surface area contributed by atoms with Crippen molar-refractivity contribution in [3.63, 3.8) is 0 Å². The maximum Gasteiger partial charge on any atom is 0.333 e. The van der Waals surface area contributed by atoms with Gasteiger partial charge in [0.2, 0.25) is 0 Å². The highest BCUT2D eigenvalue weighted by atomic mass is 16.5. The predicted molar refractivity (Wildman–Crippen MR) is 125 cm³/mol. The molecule has 0 spiro atoms. The molecule has 0 saturated heterocycles. The minimum Gasteiger partial charge on any atom is -0.462 e. The Bertz CT molecular complexity index is 626. The SMILES string of the molecule is C=C(C)C(=O)OCCC(CCO)CC1CCC(c2ccc(CCCCC)cc2)CC1. The number of aryl methyl sites for hydroxylation is 1. The zero-order valence-corrected chi connectivity index (χ0v) is 19.2. The number of carbonyl (C=O) groups is 1. The number of aliphatic hydroxyl groups excluding tert-OH is 1. The molecule has 1 aromatic rings. The second-order valence-electron chi connectivity index (χ2n) is 9.24. The lowest BCUT2D eigenvalue weighted by atomic mass is 9.75. The summed E-state index contributed by atoms with van der Waals surface area (Å²) in [6.07, 6.45) is 12.9. The van der Waals surface area contributed by atoms with Crippen LogP contribution in [0, 0.1) is 11.8 Å². The lowest BCUT2D eigenvalue weighted by Crippen LogP contribution is -2.19. The lowest BCUT2D eigenvalue weighted by molar-refractivity contribution is -0.139. The Balaban J connectivity index is 1.75. The lowest BCUT2D eigenvalue weighted by Gasteiger charge is -2.31. The van der Waals surface area contributed by atoms with E-state index in [1.54, 1.807) is 6.92 Å². The third-order valence-corrected chi connectivity index (χ3v) is 6.68. The number of aliphatic hydroxyl groups is 1. The summed E-state index contributed by atoms with van der Waals surface area (Å²) >= 11 is 0. The molecule has 1 aliphatic carbocycles. The van der Waals surface area contributed by atoms with E-state index in [0.717, 1.165) is 25.2 Å². The van der Waals surface area contributed by atoms with Crippen LogP contribution >= 0.6 is 0 Å². The summed E-state index contributed by atoms with van der Waals surface area (Å²) < 4.78 is 5.26. The van der Waals surface area contributed by atoms with Crippen LogP contribution in [0.1, 0.15) is 95.1 Å². The smallest absolute Gasteiger partial charge is 0.333 e. The molecule has 1 aromatic carbocycles. The van der Waals surface area contributed by atoms with Crippen LogP contribution in [0.2, 0.25) is 0 Å².